The van der Waals surface area contributed by atoms with E-state index in [2.05, 4.69) is 10.6 Å². The van der Waals surface area contributed by atoms with E-state index in [1.807, 2.05) is 6.92 Å². The average molecular weight is 249 g/mol. The number of rotatable bonds is 4. The van der Waals surface area contributed by atoms with Crippen molar-refractivity contribution < 1.29 is 14.4 Å². The summed E-state index contributed by atoms with van der Waals surface area (Å²) in [4.78, 5) is 33.5. The third-order valence-electron chi connectivity index (χ3n) is 2.17. The molecule has 0 unspecified atom stereocenters. The Bertz CT molecular complexity index is 454. The molecule has 6 nitrogen and oxygen atoms in total. The van der Waals surface area contributed by atoms with Crippen molar-refractivity contribution in [3.8, 4) is 0 Å². The molecule has 18 heavy (non-hydrogen) atoms. The molecule has 0 saturated carbocycles. The average Bonchev–Trinajstić information content (AvgIpc) is 2.36. The van der Waals surface area contributed by atoms with Gasteiger partial charge in [-0.3, -0.25) is 14.4 Å². The Kier molecular flexibility index (Phi) is 4.86. The van der Waals surface area contributed by atoms with E-state index in [0.29, 0.717) is 17.8 Å². The van der Waals surface area contributed by atoms with Crippen molar-refractivity contribution in [2.75, 3.05) is 11.9 Å². The summed E-state index contributed by atoms with van der Waals surface area (Å²) in [6, 6.07) is 5.96. The monoisotopic (exact) mass is 249 g/mol. The molecule has 0 aliphatic carbocycles. The van der Waals surface area contributed by atoms with Crippen molar-refractivity contribution in [1.82, 2.24) is 5.32 Å². The summed E-state index contributed by atoms with van der Waals surface area (Å²) in [6.07, 6.45) is 0.756. The molecular weight excluding hydrogens is 234 g/mol. The highest BCUT2D eigenvalue weighted by atomic mass is 16.2. The van der Waals surface area contributed by atoms with Gasteiger partial charge >= 0.3 is 11.8 Å². The number of carbonyl (C=O) groups excluding carboxylic acids is 3. The van der Waals surface area contributed by atoms with Crippen molar-refractivity contribution in [3.63, 3.8) is 0 Å². The number of hydrogen-bond donors (Lipinski definition) is 3. The number of primary amides is 1. The van der Waals surface area contributed by atoms with E-state index < -0.39 is 17.7 Å². The molecule has 4 N–H and O–H groups in total. The molecule has 0 heterocycles. The summed E-state index contributed by atoms with van der Waals surface area (Å²) in [7, 11) is 0. The highest BCUT2D eigenvalue weighted by Crippen LogP contribution is 2.08. The molecule has 1 rings (SSSR count). The van der Waals surface area contributed by atoms with Crippen LogP contribution in [0.5, 0.6) is 0 Å². The zero-order valence-corrected chi connectivity index (χ0v) is 10.0. The second-order valence-corrected chi connectivity index (χ2v) is 3.65. The lowest BCUT2D eigenvalue weighted by atomic mass is 10.2. The molecule has 0 aromatic heterocycles. The Balaban J connectivity index is 2.59. The Hall–Kier alpha value is -2.37. The zero-order chi connectivity index (χ0) is 13.5. The summed E-state index contributed by atoms with van der Waals surface area (Å²) in [5.74, 6) is -1.97. The minimum atomic E-state index is -0.740. The molecule has 0 spiro atoms. The summed E-state index contributed by atoms with van der Waals surface area (Å²) in [6.45, 7) is 2.34. The smallest absolute Gasteiger partial charge is 0.313 e. The van der Waals surface area contributed by atoms with Crippen LogP contribution in [-0.4, -0.2) is 24.3 Å². The van der Waals surface area contributed by atoms with Gasteiger partial charge in [-0.2, -0.15) is 0 Å². The molecular formula is C12H15N3O3. The number of amides is 3. The Morgan fingerprint density at radius 1 is 1.11 bits per heavy atom. The van der Waals surface area contributed by atoms with Crippen LogP contribution >= 0.6 is 0 Å². The van der Waals surface area contributed by atoms with E-state index >= 15 is 0 Å². The van der Waals surface area contributed by atoms with Gasteiger partial charge < -0.3 is 16.4 Å². The summed E-state index contributed by atoms with van der Waals surface area (Å²) < 4.78 is 0. The van der Waals surface area contributed by atoms with Gasteiger partial charge in [-0.1, -0.05) is 6.92 Å². The molecule has 0 atom stereocenters. The maximum Gasteiger partial charge on any atom is 0.313 e. The van der Waals surface area contributed by atoms with Crippen LogP contribution in [0.15, 0.2) is 24.3 Å². The number of carbonyl (C=O) groups is 3. The predicted octanol–water partition coefficient (Wildman–Crippen LogP) is 0.250. The minimum Gasteiger partial charge on any atom is -0.366 e. The molecule has 0 radical (unpaired) electrons. The Morgan fingerprint density at radius 2 is 1.72 bits per heavy atom. The summed E-state index contributed by atoms with van der Waals surface area (Å²) in [5.41, 5.74) is 5.84. The van der Waals surface area contributed by atoms with Crippen molar-refractivity contribution in [2.45, 2.75) is 13.3 Å². The number of nitrogens with one attached hydrogen (secondary N) is 2. The quantitative estimate of drug-likeness (QED) is 0.666. The fourth-order valence-electron chi connectivity index (χ4n) is 1.22. The van der Waals surface area contributed by atoms with Crippen LogP contribution in [-0.2, 0) is 9.59 Å². The van der Waals surface area contributed by atoms with Crippen LogP contribution in [0.3, 0.4) is 0 Å². The van der Waals surface area contributed by atoms with Gasteiger partial charge in [0.25, 0.3) is 0 Å². The van der Waals surface area contributed by atoms with E-state index in [0.717, 1.165) is 6.42 Å². The molecule has 3 amide bonds. The third kappa shape index (κ3) is 3.89. The summed E-state index contributed by atoms with van der Waals surface area (Å²) in [5, 5.41) is 4.87. The van der Waals surface area contributed by atoms with Crippen molar-refractivity contribution >= 4 is 23.4 Å². The van der Waals surface area contributed by atoms with E-state index in [4.69, 9.17) is 5.73 Å². The van der Waals surface area contributed by atoms with E-state index in [1.165, 1.54) is 24.3 Å². The van der Waals surface area contributed by atoms with Gasteiger partial charge in [-0.25, -0.2) is 0 Å². The van der Waals surface area contributed by atoms with Crippen LogP contribution in [0.4, 0.5) is 5.69 Å². The van der Waals surface area contributed by atoms with E-state index in [-0.39, 0.29) is 0 Å². The fraction of sp³-hybridized carbons (Fsp3) is 0.250. The second-order valence-electron chi connectivity index (χ2n) is 3.65. The molecule has 0 aliphatic rings. The van der Waals surface area contributed by atoms with Crippen LogP contribution < -0.4 is 16.4 Å². The van der Waals surface area contributed by atoms with Crippen LogP contribution in [0.25, 0.3) is 0 Å². The lowest BCUT2D eigenvalue weighted by Crippen LogP contribution is -2.35. The van der Waals surface area contributed by atoms with Crippen molar-refractivity contribution in [1.29, 1.82) is 0 Å². The van der Waals surface area contributed by atoms with Gasteiger partial charge in [0.1, 0.15) is 0 Å². The highest BCUT2D eigenvalue weighted by molar-refractivity contribution is 6.39. The predicted molar refractivity (Wildman–Crippen MR) is 66.9 cm³/mol. The number of nitrogens with two attached hydrogens (primary N) is 1. The number of hydrogen-bond acceptors (Lipinski definition) is 3. The first kappa shape index (κ1) is 13.7. The maximum atomic E-state index is 11.4. The molecule has 0 saturated heterocycles. The van der Waals surface area contributed by atoms with Gasteiger partial charge in [0.2, 0.25) is 5.91 Å². The van der Waals surface area contributed by atoms with Gasteiger partial charge in [0.15, 0.2) is 0 Å². The van der Waals surface area contributed by atoms with Crippen molar-refractivity contribution in [3.05, 3.63) is 29.8 Å². The molecule has 96 valence electrons. The van der Waals surface area contributed by atoms with Crippen LogP contribution in [0.2, 0.25) is 0 Å². The van der Waals surface area contributed by atoms with Gasteiger partial charge in [-0.05, 0) is 30.7 Å². The SMILES string of the molecule is CCCNC(=O)C(=O)Nc1ccc(C(N)=O)cc1. The van der Waals surface area contributed by atoms with Gasteiger partial charge in [-0.15, -0.1) is 0 Å². The summed E-state index contributed by atoms with van der Waals surface area (Å²) >= 11 is 0. The lowest BCUT2D eigenvalue weighted by Gasteiger charge is -2.05. The highest BCUT2D eigenvalue weighted by Gasteiger charge is 2.12. The van der Waals surface area contributed by atoms with Gasteiger partial charge in [0, 0.05) is 17.8 Å². The zero-order valence-electron chi connectivity index (χ0n) is 10.0. The standard InChI is InChI=1S/C12H15N3O3/c1-2-7-14-11(17)12(18)15-9-5-3-8(4-6-9)10(13)16/h3-6H,2,7H2,1H3,(H2,13,16)(H,14,17)(H,15,18). The molecule has 0 bridgehead atoms. The second kappa shape index (κ2) is 6.39. The fourth-order valence-corrected chi connectivity index (χ4v) is 1.22. The first-order valence-corrected chi connectivity index (χ1v) is 5.53. The lowest BCUT2D eigenvalue weighted by molar-refractivity contribution is -0.136. The maximum absolute atomic E-state index is 11.4. The Labute approximate surface area is 105 Å². The molecule has 0 aliphatic heterocycles. The molecule has 6 heteroatoms. The van der Waals surface area contributed by atoms with Crippen molar-refractivity contribution in [2.24, 2.45) is 5.73 Å². The molecule has 0 fully saturated rings. The first-order chi connectivity index (χ1) is 8.54. The number of anilines is 1. The van der Waals surface area contributed by atoms with Crippen LogP contribution in [0.1, 0.15) is 23.7 Å². The minimum absolute atomic E-state index is 0.337. The largest absolute Gasteiger partial charge is 0.366 e. The molecule has 1 aromatic carbocycles. The number of benzene rings is 1. The normalized spacial score (nSPS) is 9.61. The third-order valence-corrected chi connectivity index (χ3v) is 2.17. The first-order valence-electron chi connectivity index (χ1n) is 5.53. The Morgan fingerprint density at radius 3 is 2.22 bits per heavy atom. The van der Waals surface area contributed by atoms with Crippen LogP contribution in [0, 0.1) is 0 Å². The molecule has 1 aromatic rings. The topological polar surface area (TPSA) is 101 Å². The van der Waals surface area contributed by atoms with E-state index in [9.17, 15) is 14.4 Å². The van der Waals surface area contributed by atoms with E-state index in [1.54, 1.807) is 0 Å². The van der Waals surface area contributed by atoms with Gasteiger partial charge in [0.05, 0.1) is 0 Å².